The van der Waals surface area contributed by atoms with Gasteiger partial charge in [-0.3, -0.25) is 9.78 Å². The molecule has 1 aromatic carbocycles. The van der Waals surface area contributed by atoms with Gasteiger partial charge in [0.05, 0.1) is 0 Å². The number of benzene rings is 1. The van der Waals surface area contributed by atoms with Crippen molar-refractivity contribution >= 4 is 5.78 Å². The molecule has 0 N–H and O–H groups in total. The van der Waals surface area contributed by atoms with E-state index in [0.717, 1.165) is 16.7 Å². The minimum atomic E-state index is 0.0831. The zero-order chi connectivity index (χ0) is 14.7. The molecule has 2 nitrogen and oxygen atoms in total. The quantitative estimate of drug-likeness (QED) is 0.775. The van der Waals surface area contributed by atoms with Gasteiger partial charge in [0, 0.05) is 12.6 Å². The Labute approximate surface area is 120 Å². The average molecular weight is 267 g/mol. The SMILES string of the molecule is Cc1cnc(C(=O)Cc2ccc(C(C)C)cc2)c(C)c1. The molecular weight excluding hydrogens is 246 g/mol. The van der Waals surface area contributed by atoms with Crippen LogP contribution in [0.2, 0.25) is 0 Å². The van der Waals surface area contributed by atoms with Crippen molar-refractivity contribution < 1.29 is 4.79 Å². The minimum absolute atomic E-state index is 0.0831. The molecule has 1 aromatic heterocycles. The molecule has 1 heterocycles. The van der Waals surface area contributed by atoms with E-state index in [0.29, 0.717) is 18.0 Å². The topological polar surface area (TPSA) is 30.0 Å². The Morgan fingerprint density at radius 3 is 2.35 bits per heavy atom. The largest absolute Gasteiger partial charge is 0.292 e. The van der Waals surface area contributed by atoms with Gasteiger partial charge in [-0.2, -0.15) is 0 Å². The Bertz CT molecular complexity index is 612. The highest BCUT2D eigenvalue weighted by Crippen LogP contribution is 2.16. The van der Waals surface area contributed by atoms with Gasteiger partial charge in [-0.05, 0) is 42.0 Å². The van der Waals surface area contributed by atoms with Gasteiger partial charge in [-0.1, -0.05) is 44.2 Å². The number of carbonyl (C=O) groups is 1. The van der Waals surface area contributed by atoms with Crippen molar-refractivity contribution in [1.29, 1.82) is 0 Å². The number of nitrogens with zero attached hydrogens (tertiary/aromatic N) is 1. The zero-order valence-corrected chi connectivity index (χ0v) is 12.6. The molecule has 2 rings (SSSR count). The number of aromatic nitrogens is 1. The fourth-order valence-electron chi connectivity index (χ4n) is 2.30. The summed E-state index contributed by atoms with van der Waals surface area (Å²) in [5.41, 5.74) is 4.96. The highest BCUT2D eigenvalue weighted by molar-refractivity contribution is 5.97. The summed E-state index contributed by atoms with van der Waals surface area (Å²) in [6, 6.07) is 10.3. The summed E-state index contributed by atoms with van der Waals surface area (Å²) in [7, 11) is 0. The number of pyridine rings is 1. The summed E-state index contributed by atoms with van der Waals surface area (Å²) in [6.45, 7) is 8.26. The zero-order valence-electron chi connectivity index (χ0n) is 12.6. The van der Waals surface area contributed by atoms with Gasteiger partial charge in [-0.15, -0.1) is 0 Å². The van der Waals surface area contributed by atoms with Crippen LogP contribution < -0.4 is 0 Å². The predicted molar refractivity (Wildman–Crippen MR) is 82.3 cm³/mol. The number of hydrogen-bond acceptors (Lipinski definition) is 2. The van der Waals surface area contributed by atoms with Gasteiger partial charge in [0.15, 0.2) is 5.78 Å². The molecule has 0 atom stereocenters. The van der Waals surface area contributed by atoms with Crippen LogP contribution in [0.25, 0.3) is 0 Å². The lowest BCUT2D eigenvalue weighted by Gasteiger charge is -2.08. The van der Waals surface area contributed by atoms with E-state index in [1.54, 1.807) is 6.20 Å². The van der Waals surface area contributed by atoms with Crippen LogP contribution in [-0.2, 0) is 6.42 Å². The summed E-state index contributed by atoms with van der Waals surface area (Å²) in [5.74, 6) is 0.598. The third-order valence-electron chi connectivity index (χ3n) is 3.49. The molecule has 104 valence electrons. The number of rotatable bonds is 4. The van der Waals surface area contributed by atoms with Crippen molar-refractivity contribution in [2.24, 2.45) is 0 Å². The van der Waals surface area contributed by atoms with Crippen LogP contribution in [0.4, 0.5) is 0 Å². The van der Waals surface area contributed by atoms with Crippen LogP contribution in [0.1, 0.15) is 52.5 Å². The van der Waals surface area contributed by atoms with Gasteiger partial charge in [-0.25, -0.2) is 0 Å². The number of carbonyl (C=O) groups excluding carboxylic acids is 1. The van der Waals surface area contributed by atoms with E-state index >= 15 is 0 Å². The van der Waals surface area contributed by atoms with Crippen LogP contribution in [0.3, 0.4) is 0 Å². The van der Waals surface area contributed by atoms with Crippen LogP contribution in [0.5, 0.6) is 0 Å². The normalized spacial score (nSPS) is 10.8. The first-order valence-corrected chi connectivity index (χ1v) is 7.02. The fraction of sp³-hybridized carbons (Fsp3) is 0.333. The molecule has 0 bridgehead atoms. The Morgan fingerprint density at radius 2 is 1.80 bits per heavy atom. The Morgan fingerprint density at radius 1 is 1.15 bits per heavy atom. The first-order chi connectivity index (χ1) is 9.47. The van der Waals surface area contributed by atoms with Crippen molar-refractivity contribution in [2.45, 2.75) is 40.0 Å². The first-order valence-electron chi connectivity index (χ1n) is 7.02. The smallest absolute Gasteiger partial charge is 0.185 e. The first kappa shape index (κ1) is 14.4. The molecule has 0 amide bonds. The summed E-state index contributed by atoms with van der Waals surface area (Å²) in [4.78, 5) is 16.6. The van der Waals surface area contributed by atoms with E-state index in [1.165, 1.54) is 5.56 Å². The van der Waals surface area contributed by atoms with Gasteiger partial charge < -0.3 is 0 Å². The van der Waals surface area contributed by atoms with Gasteiger partial charge in [0.1, 0.15) is 5.69 Å². The predicted octanol–water partition coefficient (Wildman–Crippen LogP) is 4.25. The summed E-state index contributed by atoms with van der Waals surface area (Å²) in [5, 5.41) is 0. The van der Waals surface area contributed by atoms with Crippen molar-refractivity contribution in [3.8, 4) is 0 Å². The van der Waals surface area contributed by atoms with E-state index in [2.05, 4.69) is 31.0 Å². The molecule has 0 unspecified atom stereocenters. The number of aryl methyl sites for hydroxylation is 2. The second-order valence-electron chi connectivity index (χ2n) is 5.67. The lowest BCUT2D eigenvalue weighted by molar-refractivity contribution is 0.0987. The van der Waals surface area contributed by atoms with E-state index in [1.807, 2.05) is 32.0 Å². The van der Waals surface area contributed by atoms with Crippen LogP contribution in [0.15, 0.2) is 36.5 Å². The van der Waals surface area contributed by atoms with Crippen LogP contribution in [-0.4, -0.2) is 10.8 Å². The monoisotopic (exact) mass is 267 g/mol. The Kier molecular flexibility index (Phi) is 4.33. The summed E-state index contributed by atoms with van der Waals surface area (Å²) in [6.07, 6.45) is 2.16. The molecule has 0 saturated heterocycles. The summed E-state index contributed by atoms with van der Waals surface area (Å²) < 4.78 is 0. The molecule has 0 radical (unpaired) electrons. The van der Waals surface area contributed by atoms with Gasteiger partial charge in [0.2, 0.25) is 0 Å². The lowest BCUT2D eigenvalue weighted by Crippen LogP contribution is -2.08. The number of hydrogen-bond donors (Lipinski definition) is 0. The summed E-state index contributed by atoms with van der Waals surface area (Å²) >= 11 is 0. The van der Waals surface area contributed by atoms with Crippen molar-refractivity contribution in [2.75, 3.05) is 0 Å². The maximum absolute atomic E-state index is 12.3. The Balaban J connectivity index is 2.15. The van der Waals surface area contributed by atoms with E-state index in [4.69, 9.17) is 0 Å². The maximum Gasteiger partial charge on any atom is 0.185 e. The van der Waals surface area contributed by atoms with E-state index in [9.17, 15) is 4.79 Å². The fourth-order valence-corrected chi connectivity index (χ4v) is 2.30. The van der Waals surface area contributed by atoms with Gasteiger partial charge in [0.25, 0.3) is 0 Å². The van der Waals surface area contributed by atoms with E-state index in [-0.39, 0.29) is 5.78 Å². The van der Waals surface area contributed by atoms with Crippen molar-refractivity contribution in [3.05, 3.63) is 64.5 Å². The van der Waals surface area contributed by atoms with Crippen molar-refractivity contribution in [3.63, 3.8) is 0 Å². The Hall–Kier alpha value is -1.96. The molecule has 0 aliphatic heterocycles. The second-order valence-corrected chi connectivity index (χ2v) is 5.67. The molecule has 0 saturated carbocycles. The second kappa shape index (κ2) is 6.00. The molecule has 2 heteroatoms. The van der Waals surface area contributed by atoms with Gasteiger partial charge >= 0.3 is 0 Å². The molecular formula is C18H21NO. The highest BCUT2D eigenvalue weighted by atomic mass is 16.1. The minimum Gasteiger partial charge on any atom is -0.292 e. The molecule has 0 aliphatic carbocycles. The molecule has 20 heavy (non-hydrogen) atoms. The number of ketones is 1. The van der Waals surface area contributed by atoms with Crippen LogP contribution >= 0.6 is 0 Å². The highest BCUT2D eigenvalue weighted by Gasteiger charge is 2.12. The molecule has 2 aromatic rings. The maximum atomic E-state index is 12.3. The average Bonchev–Trinajstić information content (AvgIpc) is 2.39. The standard InChI is InChI=1S/C18H21NO/c1-12(2)16-7-5-15(6-8-16)10-17(20)18-14(4)9-13(3)11-19-18/h5-9,11-12H,10H2,1-4H3. The van der Waals surface area contributed by atoms with Crippen LogP contribution in [0, 0.1) is 13.8 Å². The lowest BCUT2D eigenvalue weighted by atomic mass is 9.98. The molecule has 0 spiro atoms. The molecule has 0 aliphatic rings. The number of Topliss-reactive ketones (excluding diaryl/α,β-unsaturated/α-hetero) is 1. The molecule has 0 fully saturated rings. The third-order valence-corrected chi connectivity index (χ3v) is 3.49. The third kappa shape index (κ3) is 3.32. The van der Waals surface area contributed by atoms with Crippen molar-refractivity contribution in [1.82, 2.24) is 4.98 Å². The van der Waals surface area contributed by atoms with E-state index < -0.39 is 0 Å².